The molecule has 0 atom stereocenters. The highest BCUT2D eigenvalue weighted by Gasteiger charge is 2.11. The van der Waals surface area contributed by atoms with Crippen molar-refractivity contribution in [1.82, 2.24) is 15.1 Å². The van der Waals surface area contributed by atoms with Crippen LogP contribution < -0.4 is 4.74 Å². The molecule has 0 bridgehead atoms. The largest absolute Gasteiger partial charge is 0.492 e. The zero-order valence-electron chi connectivity index (χ0n) is 15.9. The lowest BCUT2D eigenvalue weighted by Crippen LogP contribution is -2.33. The van der Waals surface area contributed by atoms with E-state index in [0.717, 1.165) is 24.6 Å². The van der Waals surface area contributed by atoms with E-state index in [1.54, 1.807) is 6.20 Å². The van der Waals surface area contributed by atoms with Gasteiger partial charge in [0.15, 0.2) is 0 Å². The van der Waals surface area contributed by atoms with Crippen LogP contribution in [0.15, 0.2) is 54.7 Å². The van der Waals surface area contributed by atoms with Gasteiger partial charge < -0.3 is 4.74 Å². The van der Waals surface area contributed by atoms with Gasteiger partial charge >= 0.3 is 0 Å². The van der Waals surface area contributed by atoms with Crippen LogP contribution in [-0.2, 0) is 0 Å². The van der Waals surface area contributed by atoms with Gasteiger partial charge in [0, 0.05) is 18.3 Å². The molecule has 1 aromatic heterocycles. The van der Waals surface area contributed by atoms with E-state index in [9.17, 15) is 0 Å². The first-order valence-corrected chi connectivity index (χ1v) is 9.86. The predicted molar refractivity (Wildman–Crippen MR) is 110 cm³/mol. The van der Waals surface area contributed by atoms with E-state index in [-0.39, 0.29) is 0 Å². The van der Waals surface area contributed by atoms with Gasteiger partial charge in [0.25, 0.3) is 0 Å². The van der Waals surface area contributed by atoms with E-state index in [1.165, 1.54) is 54.6 Å². The van der Waals surface area contributed by atoms with E-state index in [2.05, 4.69) is 64.5 Å². The zero-order valence-corrected chi connectivity index (χ0v) is 15.9. The molecule has 1 aliphatic rings. The van der Waals surface area contributed by atoms with Crippen LogP contribution in [0.1, 0.15) is 24.8 Å². The summed E-state index contributed by atoms with van der Waals surface area (Å²) < 4.78 is 5.96. The molecule has 3 aromatic rings. The van der Waals surface area contributed by atoms with Crippen molar-refractivity contribution in [3.8, 4) is 28.1 Å². The van der Waals surface area contributed by atoms with Crippen LogP contribution in [0.3, 0.4) is 0 Å². The number of rotatable bonds is 6. The van der Waals surface area contributed by atoms with Crippen LogP contribution in [0, 0.1) is 6.92 Å². The van der Waals surface area contributed by atoms with Gasteiger partial charge in [-0.1, -0.05) is 36.8 Å². The lowest BCUT2D eigenvalue weighted by molar-refractivity contribution is 0.183. The summed E-state index contributed by atoms with van der Waals surface area (Å²) in [5, 5.41) is 7.13. The topological polar surface area (TPSA) is 41.1 Å². The summed E-state index contributed by atoms with van der Waals surface area (Å²) in [6.45, 7) is 6.37. The fourth-order valence-electron chi connectivity index (χ4n) is 3.85. The fraction of sp³-hybridized carbons (Fsp3) is 0.348. The monoisotopic (exact) mass is 361 g/mol. The summed E-state index contributed by atoms with van der Waals surface area (Å²) in [7, 11) is 0. The quantitative estimate of drug-likeness (QED) is 0.678. The summed E-state index contributed by atoms with van der Waals surface area (Å²) in [6.07, 6.45) is 5.81. The number of hydrogen-bond acceptors (Lipinski definition) is 3. The Bertz CT molecular complexity index is 850. The van der Waals surface area contributed by atoms with Crippen LogP contribution in [0.4, 0.5) is 0 Å². The Labute approximate surface area is 161 Å². The number of ether oxygens (including phenoxy) is 1. The summed E-state index contributed by atoms with van der Waals surface area (Å²) >= 11 is 0. The number of nitrogens with zero attached hydrogens (tertiary/aromatic N) is 2. The molecule has 0 saturated carbocycles. The number of aromatic nitrogens is 2. The normalized spacial score (nSPS) is 15.0. The van der Waals surface area contributed by atoms with E-state index >= 15 is 0 Å². The molecule has 1 fully saturated rings. The Morgan fingerprint density at radius 3 is 2.48 bits per heavy atom. The first-order chi connectivity index (χ1) is 13.3. The van der Waals surface area contributed by atoms with E-state index in [4.69, 9.17) is 4.74 Å². The summed E-state index contributed by atoms with van der Waals surface area (Å²) in [4.78, 5) is 2.50. The van der Waals surface area contributed by atoms with Gasteiger partial charge in [0.1, 0.15) is 12.4 Å². The molecule has 27 heavy (non-hydrogen) atoms. The van der Waals surface area contributed by atoms with Crippen molar-refractivity contribution < 1.29 is 4.74 Å². The van der Waals surface area contributed by atoms with Crippen molar-refractivity contribution in [2.24, 2.45) is 0 Å². The zero-order chi connectivity index (χ0) is 18.5. The van der Waals surface area contributed by atoms with Crippen LogP contribution in [0.2, 0.25) is 0 Å². The summed E-state index contributed by atoms with van der Waals surface area (Å²) in [5.74, 6) is 0.943. The van der Waals surface area contributed by atoms with Gasteiger partial charge in [-0.05, 0) is 67.7 Å². The molecule has 4 nitrogen and oxygen atoms in total. The number of hydrogen-bond donors (Lipinski definition) is 1. The maximum absolute atomic E-state index is 5.96. The van der Waals surface area contributed by atoms with Crippen molar-refractivity contribution in [3.63, 3.8) is 0 Å². The Hall–Kier alpha value is -2.59. The maximum Gasteiger partial charge on any atom is 0.119 e. The van der Waals surface area contributed by atoms with Gasteiger partial charge in [-0.3, -0.25) is 10.00 Å². The van der Waals surface area contributed by atoms with E-state index in [1.807, 2.05) is 6.07 Å². The second-order valence-electron chi connectivity index (χ2n) is 7.22. The molecule has 4 heteroatoms. The van der Waals surface area contributed by atoms with Crippen LogP contribution in [0.5, 0.6) is 5.75 Å². The Morgan fingerprint density at radius 2 is 1.74 bits per heavy atom. The first kappa shape index (κ1) is 17.8. The number of H-pyrrole nitrogens is 1. The molecular weight excluding hydrogens is 334 g/mol. The van der Waals surface area contributed by atoms with Crippen LogP contribution in [0.25, 0.3) is 22.4 Å². The highest BCUT2D eigenvalue weighted by molar-refractivity contribution is 5.76. The molecule has 140 valence electrons. The number of benzene rings is 2. The molecule has 0 aliphatic carbocycles. The highest BCUT2D eigenvalue weighted by atomic mass is 16.5. The third-order valence-electron chi connectivity index (χ3n) is 5.41. The van der Waals surface area contributed by atoms with Crippen LogP contribution in [-0.4, -0.2) is 41.3 Å². The average molecular weight is 361 g/mol. The van der Waals surface area contributed by atoms with Crippen molar-refractivity contribution in [1.29, 1.82) is 0 Å². The Kier molecular flexibility index (Phi) is 5.54. The van der Waals surface area contributed by atoms with Crippen LogP contribution >= 0.6 is 0 Å². The first-order valence-electron chi connectivity index (χ1n) is 9.86. The van der Waals surface area contributed by atoms with Crippen molar-refractivity contribution in [2.75, 3.05) is 26.2 Å². The molecule has 1 saturated heterocycles. The lowest BCUT2D eigenvalue weighted by atomic mass is 9.95. The molecule has 0 amide bonds. The van der Waals surface area contributed by atoms with Crippen molar-refractivity contribution in [3.05, 3.63) is 60.3 Å². The fourth-order valence-corrected chi connectivity index (χ4v) is 3.85. The SMILES string of the molecule is Cc1c(-c2ccc(OCCN3CCCCC3)cc2)cccc1-c1ccn[nH]1. The summed E-state index contributed by atoms with van der Waals surface area (Å²) in [5.41, 5.74) is 5.93. The minimum atomic E-state index is 0.758. The third-order valence-corrected chi connectivity index (χ3v) is 5.41. The summed E-state index contributed by atoms with van der Waals surface area (Å²) in [6, 6.07) is 16.9. The molecule has 1 aliphatic heterocycles. The highest BCUT2D eigenvalue weighted by Crippen LogP contribution is 2.31. The molecule has 0 radical (unpaired) electrons. The number of nitrogens with one attached hydrogen (secondary N) is 1. The average Bonchev–Trinajstić information content (AvgIpc) is 3.24. The second kappa shape index (κ2) is 8.40. The standard InChI is InChI=1S/C23H27N3O/c1-18-21(6-5-7-22(18)23-12-13-24-25-23)19-8-10-20(11-9-19)27-17-16-26-14-3-2-4-15-26/h5-13H,2-4,14-17H2,1H3,(H,24,25). The van der Waals surface area contributed by atoms with Gasteiger partial charge in [0.2, 0.25) is 0 Å². The van der Waals surface area contributed by atoms with Gasteiger partial charge in [-0.15, -0.1) is 0 Å². The van der Waals surface area contributed by atoms with Gasteiger partial charge in [-0.25, -0.2) is 0 Å². The van der Waals surface area contributed by atoms with Gasteiger partial charge in [-0.2, -0.15) is 5.10 Å². The lowest BCUT2D eigenvalue weighted by Gasteiger charge is -2.26. The minimum absolute atomic E-state index is 0.758. The van der Waals surface area contributed by atoms with Crippen molar-refractivity contribution in [2.45, 2.75) is 26.2 Å². The maximum atomic E-state index is 5.96. The molecule has 2 aromatic carbocycles. The van der Waals surface area contributed by atoms with E-state index < -0.39 is 0 Å². The molecule has 0 spiro atoms. The molecule has 4 rings (SSSR count). The molecular formula is C23H27N3O. The Morgan fingerprint density at radius 1 is 0.963 bits per heavy atom. The predicted octanol–water partition coefficient (Wildman–Crippen LogP) is 4.92. The Balaban J connectivity index is 1.42. The number of piperidine rings is 1. The second-order valence-corrected chi connectivity index (χ2v) is 7.22. The molecule has 2 heterocycles. The third kappa shape index (κ3) is 4.22. The van der Waals surface area contributed by atoms with Crippen molar-refractivity contribution >= 4 is 0 Å². The molecule has 0 unspecified atom stereocenters. The smallest absolute Gasteiger partial charge is 0.119 e. The number of likely N-dealkylation sites (tertiary alicyclic amines) is 1. The van der Waals surface area contributed by atoms with Gasteiger partial charge in [0.05, 0.1) is 5.69 Å². The molecule has 1 N–H and O–H groups in total. The number of aromatic amines is 1. The minimum Gasteiger partial charge on any atom is -0.492 e. The van der Waals surface area contributed by atoms with E-state index in [0.29, 0.717) is 0 Å².